The summed E-state index contributed by atoms with van der Waals surface area (Å²) in [4.78, 5) is 23.6. The number of anilines is 1. The molecule has 0 saturated carbocycles. The molecule has 6 nitrogen and oxygen atoms in total. The second-order valence-corrected chi connectivity index (χ2v) is 6.40. The summed E-state index contributed by atoms with van der Waals surface area (Å²) in [6, 6.07) is 6.65. The van der Waals surface area contributed by atoms with Crippen LogP contribution in [0.25, 0.3) is 6.08 Å². The molecule has 0 aliphatic rings. The molecule has 0 heterocycles. The molecule has 2 rings (SSSR count). The first-order valence-electron chi connectivity index (χ1n) is 8.64. The fourth-order valence-electron chi connectivity index (χ4n) is 2.38. The summed E-state index contributed by atoms with van der Waals surface area (Å²) in [6.07, 6.45) is -2.58. The smallest absolute Gasteiger partial charge is 0.418 e. The van der Waals surface area contributed by atoms with E-state index in [0.717, 1.165) is 18.2 Å². The van der Waals surface area contributed by atoms with Crippen LogP contribution >= 0.6 is 11.6 Å². The van der Waals surface area contributed by atoms with E-state index in [0.29, 0.717) is 11.6 Å². The fraction of sp³-hybridized carbons (Fsp3) is 0.200. The number of benzene rings is 2. The van der Waals surface area contributed by atoms with Crippen LogP contribution in [0.1, 0.15) is 11.1 Å². The molecule has 0 saturated heterocycles. The number of hydrogen-bond acceptors (Lipinski definition) is 5. The Morgan fingerprint density at radius 2 is 1.84 bits per heavy atom. The summed E-state index contributed by atoms with van der Waals surface area (Å²) in [6.45, 7) is -3.90. The standard InChI is InChI=1S/C20H15ClF5NO5/c1-30-16-8-11(2-6-15(16)32-19(22)23)3-7-18(29)31-10-17(28)27-14-5-4-12(21)9-13(14)20(24,25)26/h2-9,19H,10H2,1H3,(H,27,28). The molecule has 0 aliphatic heterocycles. The first-order valence-corrected chi connectivity index (χ1v) is 9.01. The molecule has 0 spiro atoms. The maximum absolute atomic E-state index is 13.0. The van der Waals surface area contributed by atoms with Crippen LogP contribution in [0.2, 0.25) is 5.02 Å². The molecule has 1 N–H and O–H groups in total. The van der Waals surface area contributed by atoms with E-state index < -0.39 is 42.5 Å². The van der Waals surface area contributed by atoms with Gasteiger partial charge in [0.1, 0.15) is 0 Å². The van der Waals surface area contributed by atoms with Crippen molar-refractivity contribution in [2.24, 2.45) is 0 Å². The number of ether oxygens (including phenoxy) is 3. The zero-order chi connectivity index (χ0) is 23.9. The van der Waals surface area contributed by atoms with Crippen LogP contribution in [0, 0.1) is 0 Å². The lowest BCUT2D eigenvalue weighted by Gasteiger charge is -2.14. The Morgan fingerprint density at radius 1 is 1.12 bits per heavy atom. The number of hydrogen-bond donors (Lipinski definition) is 1. The lowest BCUT2D eigenvalue weighted by atomic mass is 10.1. The van der Waals surface area contributed by atoms with Crippen LogP contribution in [0.15, 0.2) is 42.5 Å². The molecule has 0 fully saturated rings. The maximum atomic E-state index is 13.0. The monoisotopic (exact) mass is 479 g/mol. The zero-order valence-corrected chi connectivity index (χ0v) is 17.0. The third-order valence-electron chi connectivity index (χ3n) is 3.72. The second-order valence-electron chi connectivity index (χ2n) is 5.97. The molecule has 0 aromatic heterocycles. The highest BCUT2D eigenvalue weighted by Crippen LogP contribution is 2.36. The summed E-state index contributed by atoms with van der Waals surface area (Å²) in [5.74, 6) is -2.20. The van der Waals surface area contributed by atoms with Gasteiger partial charge in [0, 0.05) is 11.1 Å². The van der Waals surface area contributed by atoms with Crippen LogP contribution in [-0.2, 0) is 20.5 Å². The predicted molar refractivity (Wildman–Crippen MR) is 105 cm³/mol. The lowest BCUT2D eigenvalue weighted by Crippen LogP contribution is -2.22. The van der Waals surface area contributed by atoms with E-state index >= 15 is 0 Å². The summed E-state index contributed by atoms with van der Waals surface area (Å²) in [5.41, 5.74) is -1.34. The van der Waals surface area contributed by atoms with Gasteiger partial charge in [-0.2, -0.15) is 22.0 Å². The molecule has 0 bridgehead atoms. The van der Waals surface area contributed by atoms with Crippen molar-refractivity contribution in [1.29, 1.82) is 0 Å². The van der Waals surface area contributed by atoms with Crippen molar-refractivity contribution in [1.82, 2.24) is 0 Å². The minimum Gasteiger partial charge on any atom is -0.493 e. The lowest BCUT2D eigenvalue weighted by molar-refractivity contribution is -0.142. The molecule has 12 heteroatoms. The van der Waals surface area contributed by atoms with Gasteiger partial charge in [-0.25, -0.2) is 4.79 Å². The number of nitrogens with one attached hydrogen (secondary N) is 1. The highest BCUT2D eigenvalue weighted by molar-refractivity contribution is 6.30. The Kier molecular flexibility index (Phi) is 8.41. The number of carbonyl (C=O) groups excluding carboxylic acids is 2. The summed E-state index contributed by atoms with van der Waals surface area (Å²) >= 11 is 5.56. The van der Waals surface area contributed by atoms with Gasteiger partial charge in [-0.15, -0.1) is 0 Å². The topological polar surface area (TPSA) is 73.9 Å². The van der Waals surface area contributed by atoms with E-state index in [9.17, 15) is 31.5 Å². The number of alkyl halides is 5. The van der Waals surface area contributed by atoms with Gasteiger partial charge in [-0.1, -0.05) is 17.7 Å². The molecule has 0 unspecified atom stereocenters. The van der Waals surface area contributed by atoms with E-state index in [2.05, 4.69) is 9.47 Å². The van der Waals surface area contributed by atoms with Crippen molar-refractivity contribution in [2.45, 2.75) is 12.8 Å². The van der Waals surface area contributed by atoms with Crippen molar-refractivity contribution < 1.29 is 45.8 Å². The second kappa shape index (κ2) is 10.8. The van der Waals surface area contributed by atoms with Crippen LogP contribution in [0.4, 0.5) is 27.6 Å². The van der Waals surface area contributed by atoms with Gasteiger partial charge in [-0.3, -0.25) is 4.79 Å². The third-order valence-corrected chi connectivity index (χ3v) is 3.96. The molecule has 0 atom stereocenters. The fourth-order valence-corrected chi connectivity index (χ4v) is 2.55. The Labute approximate surface area is 183 Å². The van der Waals surface area contributed by atoms with Crippen molar-refractivity contribution >= 4 is 35.2 Å². The molecule has 2 aromatic rings. The van der Waals surface area contributed by atoms with Gasteiger partial charge in [0.25, 0.3) is 5.91 Å². The van der Waals surface area contributed by atoms with Crippen molar-refractivity contribution in [3.05, 3.63) is 58.6 Å². The molecule has 0 radical (unpaired) electrons. The molecule has 32 heavy (non-hydrogen) atoms. The summed E-state index contributed by atoms with van der Waals surface area (Å²) in [5, 5.41) is 1.83. The van der Waals surface area contributed by atoms with Crippen LogP contribution in [0.3, 0.4) is 0 Å². The molecular formula is C20H15ClF5NO5. The van der Waals surface area contributed by atoms with Crippen molar-refractivity contribution in [2.75, 3.05) is 19.0 Å². The van der Waals surface area contributed by atoms with Gasteiger partial charge >= 0.3 is 18.8 Å². The summed E-state index contributed by atoms with van der Waals surface area (Å²) in [7, 11) is 1.24. The SMILES string of the molecule is COc1cc(C=CC(=O)OCC(=O)Nc2ccc(Cl)cc2C(F)(F)F)ccc1OC(F)F. The molecule has 1 amide bonds. The Hall–Kier alpha value is -3.34. The van der Waals surface area contributed by atoms with Gasteiger partial charge in [0.15, 0.2) is 18.1 Å². The number of amides is 1. The molecule has 172 valence electrons. The van der Waals surface area contributed by atoms with E-state index in [4.69, 9.17) is 16.3 Å². The van der Waals surface area contributed by atoms with E-state index in [1.54, 1.807) is 0 Å². The van der Waals surface area contributed by atoms with Crippen molar-refractivity contribution in [3.63, 3.8) is 0 Å². The van der Waals surface area contributed by atoms with Crippen LogP contribution in [-0.4, -0.2) is 32.2 Å². The first-order chi connectivity index (χ1) is 15.0. The van der Waals surface area contributed by atoms with E-state index in [1.165, 1.54) is 31.4 Å². The average Bonchev–Trinajstić information content (AvgIpc) is 2.71. The number of halogens is 6. The van der Waals surface area contributed by atoms with Gasteiger partial charge in [-0.05, 0) is 42.0 Å². The number of rotatable bonds is 8. The first kappa shape index (κ1) is 24.9. The molecule has 0 aliphatic carbocycles. The Bertz CT molecular complexity index is 1010. The highest BCUT2D eigenvalue weighted by Gasteiger charge is 2.34. The predicted octanol–water partition coefficient (Wildman–Crippen LogP) is 5.16. The Balaban J connectivity index is 1.96. The number of carbonyl (C=O) groups is 2. The maximum Gasteiger partial charge on any atom is 0.418 e. The summed E-state index contributed by atoms with van der Waals surface area (Å²) < 4.78 is 77.6. The van der Waals surface area contributed by atoms with E-state index in [-0.39, 0.29) is 16.5 Å². The normalized spacial score (nSPS) is 11.5. The zero-order valence-electron chi connectivity index (χ0n) is 16.2. The van der Waals surface area contributed by atoms with Crippen molar-refractivity contribution in [3.8, 4) is 11.5 Å². The van der Waals surface area contributed by atoms with Gasteiger partial charge < -0.3 is 19.5 Å². The number of methoxy groups -OCH3 is 1. The molecule has 2 aromatic carbocycles. The quantitative estimate of drug-likeness (QED) is 0.321. The Morgan fingerprint density at radius 3 is 2.47 bits per heavy atom. The van der Waals surface area contributed by atoms with Gasteiger partial charge in [0.2, 0.25) is 0 Å². The largest absolute Gasteiger partial charge is 0.493 e. The minimum absolute atomic E-state index is 0.0105. The van der Waals surface area contributed by atoms with Gasteiger partial charge in [0.05, 0.1) is 18.4 Å². The van der Waals surface area contributed by atoms with E-state index in [1.807, 2.05) is 5.32 Å². The number of esters is 1. The highest BCUT2D eigenvalue weighted by atomic mass is 35.5. The van der Waals surface area contributed by atoms with Crippen LogP contribution in [0.5, 0.6) is 11.5 Å². The molecular weight excluding hydrogens is 465 g/mol. The van der Waals surface area contributed by atoms with Crippen LogP contribution < -0.4 is 14.8 Å². The average molecular weight is 480 g/mol. The third kappa shape index (κ3) is 7.41. The minimum atomic E-state index is -4.76.